The van der Waals surface area contributed by atoms with E-state index in [9.17, 15) is 5.11 Å². The third-order valence-corrected chi connectivity index (χ3v) is 3.52. The molecule has 0 bridgehead atoms. The monoisotopic (exact) mass is 235 g/mol. The van der Waals surface area contributed by atoms with Gasteiger partial charge in [0.2, 0.25) is 0 Å². The van der Waals surface area contributed by atoms with E-state index in [0.717, 1.165) is 25.1 Å². The van der Waals surface area contributed by atoms with Gasteiger partial charge in [-0.15, -0.1) is 0 Å². The fraction of sp³-hybridized carbons (Fsp3) is 0.571. The largest absolute Gasteiger partial charge is 0.504 e. The van der Waals surface area contributed by atoms with E-state index in [-0.39, 0.29) is 0 Å². The van der Waals surface area contributed by atoms with Crippen LogP contribution in [-0.4, -0.2) is 25.3 Å². The van der Waals surface area contributed by atoms with Crippen molar-refractivity contribution in [3.8, 4) is 11.5 Å². The maximum atomic E-state index is 10.3. The first kappa shape index (κ1) is 12.2. The Balaban J connectivity index is 2.50. The van der Waals surface area contributed by atoms with Gasteiger partial charge in [-0.2, -0.15) is 0 Å². The molecule has 0 spiro atoms. The standard InChI is InChI=1S/C14H21NO2/c1-9(2)11-4-5-12(17-3)14(16)13(11)10-6-7-15-8-10/h4-5,9-10,15-16H,6-8H2,1-3H3. The van der Waals surface area contributed by atoms with Crippen molar-refractivity contribution in [1.29, 1.82) is 0 Å². The van der Waals surface area contributed by atoms with Gasteiger partial charge in [0.15, 0.2) is 11.5 Å². The second-order valence-corrected chi connectivity index (χ2v) is 4.96. The van der Waals surface area contributed by atoms with Crippen LogP contribution in [0.2, 0.25) is 0 Å². The molecular weight excluding hydrogens is 214 g/mol. The van der Waals surface area contributed by atoms with E-state index >= 15 is 0 Å². The lowest BCUT2D eigenvalue weighted by molar-refractivity contribution is 0.368. The molecule has 2 N–H and O–H groups in total. The molecule has 1 aromatic rings. The number of ether oxygens (including phenoxy) is 1. The minimum absolute atomic E-state index is 0.326. The van der Waals surface area contributed by atoms with Crippen molar-refractivity contribution in [2.45, 2.75) is 32.1 Å². The Morgan fingerprint density at radius 2 is 2.18 bits per heavy atom. The Morgan fingerprint density at radius 3 is 2.71 bits per heavy atom. The lowest BCUT2D eigenvalue weighted by Crippen LogP contribution is -2.10. The van der Waals surface area contributed by atoms with Crippen molar-refractivity contribution < 1.29 is 9.84 Å². The van der Waals surface area contributed by atoms with Crippen LogP contribution in [0.25, 0.3) is 0 Å². The van der Waals surface area contributed by atoms with Crippen LogP contribution in [-0.2, 0) is 0 Å². The van der Waals surface area contributed by atoms with E-state index in [1.165, 1.54) is 5.56 Å². The average molecular weight is 235 g/mol. The molecule has 0 aliphatic carbocycles. The normalized spacial score (nSPS) is 19.9. The van der Waals surface area contributed by atoms with Gasteiger partial charge in [0.25, 0.3) is 0 Å². The van der Waals surface area contributed by atoms with E-state index < -0.39 is 0 Å². The van der Waals surface area contributed by atoms with Crippen LogP contribution in [0.4, 0.5) is 0 Å². The molecule has 0 amide bonds. The van der Waals surface area contributed by atoms with Crippen molar-refractivity contribution in [3.63, 3.8) is 0 Å². The summed E-state index contributed by atoms with van der Waals surface area (Å²) < 4.78 is 5.21. The van der Waals surface area contributed by atoms with E-state index in [1.807, 2.05) is 6.07 Å². The average Bonchev–Trinajstić information content (AvgIpc) is 2.81. The number of hydrogen-bond acceptors (Lipinski definition) is 3. The zero-order chi connectivity index (χ0) is 12.4. The van der Waals surface area contributed by atoms with Crippen LogP contribution < -0.4 is 10.1 Å². The second-order valence-electron chi connectivity index (χ2n) is 4.96. The summed E-state index contributed by atoms with van der Waals surface area (Å²) in [6.45, 7) is 6.29. The molecule has 1 aliphatic rings. The number of benzene rings is 1. The lowest BCUT2D eigenvalue weighted by Gasteiger charge is -2.20. The predicted molar refractivity (Wildman–Crippen MR) is 69.0 cm³/mol. The molecule has 0 aromatic heterocycles. The van der Waals surface area contributed by atoms with Crippen molar-refractivity contribution in [1.82, 2.24) is 5.32 Å². The highest BCUT2D eigenvalue weighted by Gasteiger charge is 2.25. The first-order valence-electron chi connectivity index (χ1n) is 6.25. The maximum Gasteiger partial charge on any atom is 0.161 e. The minimum Gasteiger partial charge on any atom is -0.504 e. The van der Waals surface area contributed by atoms with Gasteiger partial charge in [-0.25, -0.2) is 0 Å². The maximum absolute atomic E-state index is 10.3. The summed E-state index contributed by atoms with van der Waals surface area (Å²) in [5, 5.41) is 13.7. The summed E-state index contributed by atoms with van der Waals surface area (Å²) in [7, 11) is 1.60. The predicted octanol–water partition coefficient (Wildman–Crippen LogP) is 2.60. The molecule has 2 rings (SSSR count). The molecule has 1 fully saturated rings. The second kappa shape index (κ2) is 4.96. The number of methoxy groups -OCH3 is 1. The van der Waals surface area contributed by atoms with Crippen LogP contribution in [0.3, 0.4) is 0 Å². The molecule has 94 valence electrons. The number of phenolic OH excluding ortho intramolecular Hbond substituents is 1. The van der Waals surface area contributed by atoms with Gasteiger partial charge in [-0.3, -0.25) is 0 Å². The Morgan fingerprint density at radius 1 is 1.41 bits per heavy atom. The summed E-state index contributed by atoms with van der Waals surface area (Å²) in [4.78, 5) is 0. The molecule has 1 heterocycles. The Kier molecular flexibility index (Phi) is 3.57. The number of nitrogens with one attached hydrogen (secondary N) is 1. The summed E-state index contributed by atoms with van der Waals surface area (Å²) in [6.07, 6.45) is 1.08. The van der Waals surface area contributed by atoms with E-state index in [0.29, 0.717) is 23.3 Å². The third kappa shape index (κ3) is 2.25. The summed E-state index contributed by atoms with van der Waals surface area (Å²) >= 11 is 0. The molecule has 3 heteroatoms. The quantitative estimate of drug-likeness (QED) is 0.846. The molecule has 1 saturated heterocycles. The van der Waals surface area contributed by atoms with Crippen LogP contribution in [0.15, 0.2) is 12.1 Å². The van der Waals surface area contributed by atoms with Gasteiger partial charge in [-0.1, -0.05) is 19.9 Å². The molecular formula is C14H21NO2. The zero-order valence-corrected chi connectivity index (χ0v) is 10.8. The number of aromatic hydroxyl groups is 1. The smallest absolute Gasteiger partial charge is 0.161 e. The van der Waals surface area contributed by atoms with Gasteiger partial charge in [-0.05, 0) is 30.5 Å². The zero-order valence-electron chi connectivity index (χ0n) is 10.8. The molecule has 1 aliphatic heterocycles. The Bertz CT molecular complexity index is 395. The fourth-order valence-corrected chi connectivity index (χ4v) is 2.60. The lowest BCUT2D eigenvalue weighted by atomic mass is 9.87. The van der Waals surface area contributed by atoms with Crippen LogP contribution in [0.1, 0.15) is 43.2 Å². The Labute approximate surface area is 103 Å². The Hall–Kier alpha value is -1.22. The van der Waals surface area contributed by atoms with E-state index in [2.05, 4.69) is 25.2 Å². The van der Waals surface area contributed by atoms with Crippen LogP contribution >= 0.6 is 0 Å². The number of hydrogen-bond donors (Lipinski definition) is 2. The minimum atomic E-state index is 0.326. The van der Waals surface area contributed by atoms with E-state index in [4.69, 9.17) is 4.74 Å². The van der Waals surface area contributed by atoms with Crippen LogP contribution in [0.5, 0.6) is 11.5 Å². The molecule has 1 aromatic carbocycles. The molecule has 17 heavy (non-hydrogen) atoms. The van der Waals surface area contributed by atoms with Gasteiger partial charge in [0.1, 0.15) is 0 Å². The highest BCUT2D eigenvalue weighted by Crippen LogP contribution is 2.41. The van der Waals surface area contributed by atoms with Crippen molar-refractivity contribution in [2.24, 2.45) is 0 Å². The van der Waals surface area contributed by atoms with Gasteiger partial charge >= 0.3 is 0 Å². The van der Waals surface area contributed by atoms with Crippen molar-refractivity contribution >= 4 is 0 Å². The summed E-state index contributed by atoms with van der Waals surface area (Å²) in [6, 6.07) is 3.94. The molecule has 0 radical (unpaired) electrons. The topological polar surface area (TPSA) is 41.5 Å². The molecule has 3 nitrogen and oxygen atoms in total. The summed E-state index contributed by atoms with van der Waals surface area (Å²) in [5.41, 5.74) is 2.31. The fourth-order valence-electron chi connectivity index (χ4n) is 2.60. The van der Waals surface area contributed by atoms with Crippen molar-refractivity contribution in [3.05, 3.63) is 23.3 Å². The highest BCUT2D eigenvalue weighted by molar-refractivity contribution is 5.52. The van der Waals surface area contributed by atoms with Gasteiger partial charge in [0.05, 0.1) is 7.11 Å². The summed E-state index contributed by atoms with van der Waals surface area (Å²) in [5.74, 6) is 1.73. The molecule has 0 saturated carbocycles. The van der Waals surface area contributed by atoms with Crippen molar-refractivity contribution in [2.75, 3.05) is 20.2 Å². The molecule has 1 atom stereocenters. The first-order valence-corrected chi connectivity index (χ1v) is 6.25. The van der Waals surface area contributed by atoms with Gasteiger partial charge in [0, 0.05) is 18.0 Å². The first-order chi connectivity index (χ1) is 8.15. The number of phenols is 1. The number of rotatable bonds is 3. The van der Waals surface area contributed by atoms with Gasteiger partial charge < -0.3 is 15.2 Å². The van der Waals surface area contributed by atoms with E-state index in [1.54, 1.807) is 7.11 Å². The SMILES string of the molecule is COc1ccc(C(C)C)c(C2CCNC2)c1O. The molecule has 1 unspecified atom stereocenters. The van der Waals surface area contributed by atoms with Crippen LogP contribution in [0, 0.1) is 0 Å². The highest BCUT2D eigenvalue weighted by atomic mass is 16.5. The third-order valence-electron chi connectivity index (χ3n) is 3.52.